The van der Waals surface area contributed by atoms with Crippen molar-refractivity contribution in [3.05, 3.63) is 144 Å². The van der Waals surface area contributed by atoms with E-state index < -0.39 is 0 Å². The molecule has 5 aromatic carbocycles. The summed E-state index contributed by atoms with van der Waals surface area (Å²) in [7, 11) is 0. The van der Waals surface area contributed by atoms with Crippen molar-refractivity contribution in [2.24, 2.45) is 0 Å². The van der Waals surface area contributed by atoms with Gasteiger partial charge < -0.3 is 14.4 Å². The minimum absolute atomic E-state index is 0. The molecule has 0 aliphatic rings. The van der Waals surface area contributed by atoms with E-state index in [1.54, 1.807) is 0 Å². The molecule has 3 nitrogen and oxygen atoms in total. The summed E-state index contributed by atoms with van der Waals surface area (Å²) < 4.78 is 6.56. The molecule has 0 saturated carbocycles. The van der Waals surface area contributed by atoms with Crippen molar-refractivity contribution in [2.45, 2.75) is 20.8 Å². The Hall–Kier alpha value is -4.63. The molecule has 0 aliphatic carbocycles. The molecular weight excluding hydrogens is 705 g/mol. The first-order valence-electron chi connectivity index (χ1n) is 14.1. The van der Waals surface area contributed by atoms with Crippen LogP contribution in [0.25, 0.3) is 66.0 Å². The van der Waals surface area contributed by atoms with Gasteiger partial charge in [-0.3, -0.25) is 0 Å². The van der Waals surface area contributed by atoms with E-state index in [0.717, 1.165) is 49.8 Å². The van der Waals surface area contributed by atoms with E-state index in [1.807, 2.05) is 55.7 Å². The summed E-state index contributed by atoms with van der Waals surface area (Å²) in [5.41, 5.74) is 9.18. The Labute approximate surface area is 264 Å². The van der Waals surface area contributed by atoms with Crippen molar-refractivity contribution in [3.8, 4) is 22.5 Å². The maximum atomic E-state index is 6.56. The van der Waals surface area contributed by atoms with E-state index in [4.69, 9.17) is 4.42 Å². The van der Waals surface area contributed by atoms with Crippen LogP contribution >= 0.6 is 0 Å². The molecule has 3 heterocycles. The smallest absolute Gasteiger partial charge is 0.129 e. The third kappa shape index (κ3) is 5.36. The molecule has 1 radical (unpaired) electrons. The molecule has 0 unspecified atom stereocenters. The Morgan fingerprint density at radius 2 is 1.35 bits per heavy atom. The predicted molar refractivity (Wildman–Crippen MR) is 174 cm³/mol. The van der Waals surface area contributed by atoms with E-state index in [0.29, 0.717) is 0 Å². The molecule has 0 fully saturated rings. The number of nitrogens with zero attached hydrogens (tertiary/aromatic N) is 2. The molecule has 0 bridgehead atoms. The molecular formula is C39H28IrN2O-2. The molecule has 211 valence electrons. The molecule has 8 aromatic rings. The molecule has 3 aromatic heterocycles. The van der Waals surface area contributed by atoms with E-state index in [-0.39, 0.29) is 20.1 Å². The van der Waals surface area contributed by atoms with Crippen LogP contribution in [0.5, 0.6) is 0 Å². The molecule has 0 saturated heterocycles. The van der Waals surface area contributed by atoms with E-state index in [2.05, 4.69) is 103 Å². The summed E-state index contributed by atoms with van der Waals surface area (Å²) in [4.78, 5) is 8.97. The monoisotopic (exact) mass is 733 g/mol. The fraction of sp³-hybridized carbons (Fsp3) is 0.0769. The molecule has 0 spiro atoms. The maximum Gasteiger partial charge on any atom is 0.129 e. The molecule has 0 amide bonds. The topological polar surface area (TPSA) is 38.9 Å². The van der Waals surface area contributed by atoms with Gasteiger partial charge in [0, 0.05) is 43.3 Å². The van der Waals surface area contributed by atoms with Crippen molar-refractivity contribution in [1.29, 1.82) is 0 Å². The van der Waals surface area contributed by atoms with E-state index in [1.165, 1.54) is 32.8 Å². The van der Waals surface area contributed by atoms with Gasteiger partial charge in [-0.25, -0.2) is 0 Å². The fourth-order valence-electron chi connectivity index (χ4n) is 5.42. The number of fused-ring (bicyclic) bond motifs is 7. The normalized spacial score (nSPS) is 11.0. The Kier molecular flexibility index (Phi) is 7.90. The average molecular weight is 733 g/mol. The van der Waals surface area contributed by atoms with Crippen molar-refractivity contribution in [1.82, 2.24) is 9.97 Å². The Balaban J connectivity index is 0.000000199. The second kappa shape index (κ2) is 11.9. The molecule has 8 rings (SSSR count). The molecule has 43 heavy (non-hydrogen) atoms. The third-order valence-electron chi connectivity index (χ3n) is 7.83. The Morgan fingerprint density at radius 1 is 0.581 bits per heavy atom. The minimum atomic E-state index is 0. The number of pyridine rings is 2. The van der Waals surface area contributed by atoms with Crippen LogP contribution in [0, 0.1) is 32.9 Å². The summed E-state index contributed by atoms with van der Waals surface area (Å²) in [6.07, 6.45) is 3.79. The second-order valence-corrected chi connectivity index (χ2v) is 10.7. The van der Waals surface area contributed by atoms with Crippen LogP contribution in [0.4, 0.5) is 0 Å². The number of aryl methyl sites for hydroxylation is 3. The standard InChI is InChI=1S/C27H18NO.C12H10N.Ir/c1-16-14-24(28-15-17(16)2)23-9-5-8-21-22-13-12-19-11-10-18-6-3-4-7-20(18)25(19)27(22)29-26(21)23;1-10-7-8-12(13-9-10)11-5-3-2-4-6-11;/h3-8,10-15H,1-2H3;2-5,7-9H,1H3;/q2*-1;. The largest absolute Gasteiger partial charge is 0.500 e. The van der Waals surface area contributed by atoms with Gasteiger partial charge in [-0.05, 0) is 59.4 Å². The predicted octanol–water partition coefficient (Wildman–Crippen LogP) is 10.2. The minimum Gasteiger partial charge on any atom is -0.500 e. The number of furan rings is 1. The van der Waals surface area contributed by atoms with Gasteiger partial charge >= 0.3 is 0 Å². The van der Waals surface area contributed by atoms with Gasteiger partial charge in [0.05, 0.1) is 5.58 Å². The summed E-state index contributed by atoms with van der Waals surface area (Å²) in [6.45, 7) is 6.22. The molecule has 0 atom stereocenters. The number of rotatable bonds is 2. The van der Waals surface area contributed by atoms with Gasteiger partial charge in [-0.15, -0.1) is 54.1 Å². The summed E-state index contributed by atoms with van der Waals surface area (Å²) in [5.74, 6) is 0. The first kappa shape index (κ1) is 28.5. The van der Waals surface area contributed by atoms with Crippen LogP contribution in [0.2, 0.25) is 0 Å². The number of benzene rings is 5. The van der Waals surface area contributed by atoms with Crippen molar-refractivity contribution in [3.63, 3.8) is 0 Å². The third-order valence-corrected chi connectivity index (χ3v) is 7.83. The van der Waals surface area contributed by atoms with Crippen LogP contribution in [0.15, 0.2) is 120 Å². The quantitative estimate of drug-likeness (QED) is 0.131. The summed E-state index contributed by atoms with van der Waals surface area (Å²) in [6, 6.07) is 41.8. The molecule has 0 N–H and O–H groups in total. The Morgan fingerprint density at radius 3 is 2.14 bits per heavy atom. The Bertz CT molecular complexity index is 2220. The van der Waals surface area contributed by atoms with Gasteiger partial charge in [0.2, 0.25) is 0 Å². The van der Waals surface area contributed by atoms with Crippen molar-refractivity contribution < 1.29 is 24.5 Å². The first-order chi connectivity index (χ1) is 20.6. The number of hydrogen-bond donors (Lipinski definition) is 0. The molecule has 0 aliphatic heterocycles. The zero-order valence-electron chi connectivity index (χ0n) is 24.1. The second-order valence-electron chi connectivity index (χ2n) is 10.7. The van der Waals surface area contributed by atoms with E-state index in [9.17, 15) is 0 Å². The van der Waals surface area contributed by atoms with Crippen molar-refractivity contribution in [2.75, 3.05) is 0 Å². The fourth-order valence-corrected chi connectivity index (χ4v) is 5.42. The zero-order chi connectivity index (χ0) is 28.6. The SMILES string of the molecule is Cc1ccc(-c2[c-]cccc2)nc1.Cc1cnc(-c2[c-]ccc3c2oc2c3ccc3ccc4ccccc4c32)cc1C.[Ir]. The van der Waals surface area contributed by atoms with Gasteiger partial charge in [-0.2, -0.15) is 0 Å². The van der Waals surface area contributed by atoms with Crippen LogP contribution < -0.4 is 0 Å². The number of aromatic nitrogens is 2. The van der Waals surface area contributed by atoms with Gasteiger partial charge in [0.1, 0.15) is 5.58 Å². The summed E-state index contributed by atoms with van der Waals surface area (Å²) >= 11 is 0. The first-order valence-corrected chi connectivity index (χ1v) is 14.1. The zero-order valence-corrected chi connectivity index (χ0v) is 26.5. The van der Waals surface area contributed by atoms with Crippen LogP contribution in [-0.2, 0) is 20.1 Å². The average Bonchev–Trinajstić information content (AvgIpc) is 3.42. The van der Waals surface area contributed by atoms with Gasteiger partial charge in [0.15, 0.2) is 0 Å². The maximum absolute atomic E-state index is 6.56. The summed E-state index contributed by atoms with van der Waals surface area (Å²) in [5, 5.41) is 7.01. The van der Waals surface area contributed by atoms with Crippen LogP contribution in [-0.4, -0.2) is 9.97 Å². The van der Waals surface area contributed by atoms with Gasteiger partial charge in [-0.1, -0.05) is 83.2 Å². The molecule has 4 heteroatoms. The van der Waals surface area contributed by atoms with Crippen molar-refractivity contribution >= 4 is 43.5 Å². The van der Waals surface area contributed by atoms with Gasteiger partial charge in [0.25, 0.3) is 0 Å². The van der Waals surface area contributed by atoms with E-state index >= 15 is 0 Å². The van der Waals surface area contributed by atoms with Crippen LogP contribution in [0.3, 0.4) is 0 Å². The van der Waals surface area contributed by atoms with Crippen LogP contribution in [0.1, 0.15) is 16.7 Å². The number of hydrogen-bond acceptors (Lipinski definition) is 3.